The second-order valence-electron chi connectivity index (χ2n) is 6.95. The Bertz CT molecular complexity index is 534. The zero-order valence-corrected chi connectivity index (χ0v) is 24.6. The lowest BCUT2D eigenvalue weighted by Gasteiger charge is -2.24. The number of hydrogen-bond acceptors (Lipinski definition) is 6. The number of carbonyl (C=O) groups is 2. The fourth-order valence-electron chi connectivity index (χ4n) is 2.63. The first-order valence-corrected chi connectivity index (χ1v) is 15.4. The molecule has 6 nitrogen and oxygen atoms in total. The zero-order chi connectivity index (χ0) is 23.6. The smallest absolute Gasteiger partial charge is 0.270 e. The van der Waals surface area contributed by atoms with Crippen LogP contribution in [-0.2, 0) is 28.5 Å². The Morgan fingerprint density at radius 2 is 0.625 bits per heavy atom. The van der Waals surface area contributed by atoms with Crippen LogP contribution in [0.1, 0.15) is 51.4 Å². The number of ether oxygens (including phenoxy) is 4. The third-order valence-electron chi connectivity index (χ3n) is 4.33. The Hall–Kier alpha value is -0.0600. The zero-order valence-electron chi connectivity index (χ0n) is 18.3. The molecule has 0 saturated carbocycles. The van der Waals surface area contributed by atoms with Gasteiger partial charge in [0.1, 0.15) is 0 Å². The van der Waals surface area contributed by atoms with Gasteiger partial charge in [-0.1, -0.05) is 63.7 Å². The molecule has 0 aliphatic heterocycles. The molecule has 1 aliphatic rings. The fourth-order valence-corrected chi connectivity index (χ4v) is 4.21. The number of Topliss-reactive ketones (excluding diaryl/α,β-unsaturated/α-hetero) is 2. The van der Waals surface area contributed by atoms with E-state index >= 15 is 0 Å². The molecule has 0 saturated heterocycles. The summed E-state index contributed by atoms with van der Waals surface area (Å²) >= 11 is 13.5. The monoisotopic (exact) mass is 708 g/mol. The number of carbonyl (C=O) groups excluding carboxylic acids is 2. The first-order valence-electron chi connectivity index (χ1n) is 10.9. The number of hydrogen-bond donors (Lipinski definition) is 0. The lowest BCUT2D eigenvalue weighted by atomic mass is 10.0. The van der Waals surface area contributed by atoms with Crippen molar-refractivity contribution in [3.63, 3.8) is 0 Å². The predicted octanol–water partition coefficient (Wildman–Crippen LogP) is 6.33. The third-order valence-corrected chi connectivity index (χ3v) is 6.58. The largest absolute Gasteiger partial charge is 0.486 e. The molecule has 0 aromatic carbocycles. The number of ketones is 2. The fraction of sp³-hybridized carbons (Fsp3) is 0.727. The highest BCUT2D eigenvalue weighted by molar-refractivity contribution is 9.09. The molecule has 0 aromatic heterocycles. The van der Waals surface area contributed by atoms with Gasteiger partial charge in [-0.2, -0.15) is 0 Å². The normalized spacial score (nSPS) is 14.2. The Morgan fingerprint density at radius 3 is 0.812 bits per heavy atom. The van der Waals surface area contributed by atoms with Crippen LogP contribution in [0.4, 0.5) is 0 Å². The van der Waals surface area contributed by atoms with Gasteiger partial charge in [-0.05, 0) is 51.4 Å². The summed E-state index contributed by atoms with van der Waals surface area (Å²) in [4.78, 5) is 26.6. The predicted molar refractivity (Wildman–Crippen MR) is 140 cm³/mol. The SMILES string of the molecule is O=C1C(OCCCCBr)=C(OCCCCBr)C(=O)C(OCCCCBr)=C1OCCCCBr. The number of rotatable bonds is 20. The molecule has 0 N–H and O–H groups in total. The van der Waals surface area contributed by atoms with Gasteiger partial charge in [-0.3, -0.25) is 9.59 Å². The van der Waals surface area contributed by atoms with E-state index in [9.17, 15) is 9.59 Å². The first kappa shape index (κ1) is 30.0. The van der Waals surface area contributed by atoms with Gasteiger partial charge in [0, 0.05) is 21.3 Å². The maximum Gasteiger partial charge on any atom is 0.270 e. The van der Waals surface area contributed by atoms with Crippen molar-refractivity contribution in [2.75, 3.05) is 47.7 Å². The first-order chi connectivity index (χ1) is 15.6. The summed E-state index contributed by atoms with van der Waals surface area (Å²) in [6, 6.07) is 0. The van der Waals surface area contributed by atoms with Crippen LogP contribution in [0.3, 0.4) is 0 Å². The molecule has 1 rings (SSSR count). The highest BCUT2D eigenvalue weighted by Crippen LogP contribution is 2.29. The van der Waals surface area contributed by atoms with E-state index in [-0.39, 0.29) is 23.0 Å². The summed E-state index contributed by atoms with van der Waals surface area (Å²) < 4.78 is 23.0. The Morgan fingerprint density at radius 1 is 0.406 bits per heavy atom. The third kappa shape index (κ3) is 10.9. The van der Waals surface area contributed by atoms with Crippen LogP contribution >= 0.6 is 63.7 Å². The van der Waals surface area contributed by atoms with Crippen LogP contribution in [0, 0.1) is 0 Å². The highest BCUT2D eigenvalue weighted by atomic mass is 79.9. The number of halogens is 4. The summed E-state index contributed by atoms with van der Waals surface area (Å²) in [6.07, 6.45) is 6.55. The van der Waals surface area contributed by atoms with Crippen LogP contribution in [0.25, 0.3) is 0 Å². The maximum absolute atomic E-state index is 13.3. The van der Waals surface area contributed by atoms with Crippen LogP contribution in [-0.4, -0.2) is 59.3 Å². The summed E-state index contributed by atoms with van der Waals surface area (Å²) in [5, 5.41) is 3.36. The van der Waals surface area contributed by atoms with Gasteiger partial charge in [0.25, 0.3) is 11.6 Å². The number of alkyl halides is 4. The van der Waals surface area contributed by atoms with Crippen molar-refractivity contribution >= 4 is 75.3 Å². The average Bonchev–Trinajstić information content (AvgIpc) is 2.79. The molecule has 184 valence electrons. The van der Waals surface area contributed by atoms with E-state index in [2.05, 4.69) is 63.7 Å². The van der Waals surface area contributed by atoms with Gasteiger partial charge >= 0.3 is 0 Å². The van der Waals surface area contributed by atoms with Crippen molar-refractivity contribution in [1.29, 1.82) is 0 Å². The molecule has 0 aromatic rings. The van der Waals surface area contributed by atoms with E-state index in [0.717, 1.165) is 72.7 Å². The molecule has 0 unspecified atom stereocenters. The van der Waals surface area contributed by atoms with Crippen molar-refractivity contribution in [3.8, 4) is 0 Å². The summed E-state index contributed by atoms with van der Waals surface area (Å²) in [7, 11) is 0. The van der Waals surface area contributed by atoms with Gasteiger partial charge < -0.3 is 18.9 Å². The minimum atomic E-state index is -0.492. The Balaban J connectivity index is 3.09. The van der Waals surface area contributed by atoms with E-state index in [1.54, 1.807) is 0 Å². The minimum Gasteiger partial charge on any atom is -0.486 e. The lowest BCUT2D eigenvalue weighted by molar-refractivity contribution is -0.127. The molecule has 0 bridgehead atoms. The topological polar surface area (TPSA) is 71.1 Å². The van der Waals surface area contributed by atoms with Gasteiger partial charge in [0.15, 0.2) is 0 Å². The van der Waals surface area contributed by atoms with Crippen molar-refractivity contribution in [3.05, 3.63) is 23.0 Å². The molecule has 0 radical (unpaired) electrons. The summed E-state index contributed by atoms with van der Waals surface area (Å²) in [6.45, 7) is 1.25. The molecular formula is C22H32Br4O6. The molecule has 1 aliphatic carbocycles. The van der Waals surface area contributed by atoms with E-state index in [1.165, 1.54) is 0 Å². The molecule has 0 atom stereocenters. The maximum atomic E-state index is 13.3. The van der Waals surface area contributed by atoms with Crippen molar-refractivity contribution in [2.45, 2.75) is 51.4 Å². The molecule has 32 heavy (non-hydrogen) atoms. The van der Waals surface area contributed by atoms with Gasteiger partial charge in [0.05, 0.1) is 26.4 Å². The van der Waals surface area contributed by atoms with Crippen LogP contribution in [0.5, 0.6) is 0 Å². The van der Waals surface area contributed by atoms with E-state index in [4.69, 9.17) is 18.9 Å². The molecule has 0 amide bonds. The van der Waals surface area contributed by atoms with Crippen LogP contribution < -0.4 is 0 Å². The molecule has 0 fully saturated rings. The van der Waals surface area contributed by atoms with Crippen molar-refractivity contribution in [1.82, 2.24) is 0 Å². The lowest BCUT2D eigenvalue weighted by Crippen LogP contribution is -2.30. The second kappa shape index (κ2) is 19.3. The Kier molecular flexibility index (Phi) is 18.0. The van der Waals surface area contributed by atoms with Crippen molar-refractivity contribution < 1.29 is 28.5 Å². The van der Waals surface area contributed by atoms with Gasteiger partial charge in [0.2, 0.25) is 23.0 Å². The van der Waals surface area contributed by atoms with E-state index < -0.39 is 11.6 Å². The van der Waals surface area contributed by atoms with Gasteiger partial charge in [-0.25, -0.2) is 0 Å². The molecule has 0 heterocycles. The summed E-state index contributed by atoms with van der Waals surface area (Å²) in [5.41, 5.74) is 0. The van der Waals surface area contributed by atoms with Gasteiger partial charge in [-0.15, -0.1) is 0 Å². The van der Waals surface area contributed by atoms with Crippen LogP contribution in [0.2, 0.25) is 0 Å². The molecule has 0 spiro atoms. The summed E-state index contributed by atoms with van der Waals surface area (Å²) in [5.74, 6) is -1.29. The average molecular weight is 712 g/mol. The minimum absolute atomic E-state index is 0.0771. The highest BCUT2D eigenvalue weighted by Gasteiger charge is 2.40. The van der Waals surface area contributed by atoms with Crippen LogP contribution in [0.15, 0.2) is 23.0 Å². The van der Waals surface area contributed by atoms with E-state index in [1.807, 2.05) is 0 Å². The quantitative estimate of drug-likeness (QED) is 0.0836. The standard InChI is InChI=1S/C22H32Br4O6/c23-9-1-5-13-29-19-17(27)21(31-15-7-3-11-25)22(32-16-8-4-12-26)18(28)20(19)30-14-6-2-10-24/h1-16H2. The second-order valence-corrected chi connectivity index (χ2v) is 10.1. The van der Waals surface area contributed by atoms with Crippen molar-refractivity contribution in [2.24, 2.45) is 0 Å². The molecule has 10 heteroatoms. The number of unbranched alkanes of at least 4 members (excludes halogenated alkanes) is 4. The van der Waals surface area contributed by atoms with E-state index in [0.29, 0.717) is 26.4 Å². The molecular weight excluding hydrogens is 680 g/mol. The Labute approximate surface area is 224 Å².